The molecular weight excluding hydrogens is 551 g/mol. The number of aromatic nitrogens is 2. The number of carbonyl (C=O) groups is 1. The Hall–Kier alpha value is -3.44. The van der Waals surface area contributed by atoms with Crippen molar-refractivity contribution in [2.24, 2.45) is 0 Å². The summed E-state index contributed by atoms with van der Waals surface area (Å²) in [5.41, 5.74) is 8.82. The molecule has 3 aromatic rings. The molecule has 12 heteroatoms. The van der Waals surface area contributed by atoms with Crippen molar-refractivity contribution in [2.75, 3.05) is 70.0 Å². The van der Waals surface area contributed by atoms with Crippen LogP contribution in [-0.2, 0) is 11.4 Å². The van der Waals surface area contributed by atoms with E-state index in [1.807, 2.05) is 12.1 Å². The lowest BCUT2D eigenvalue weighted by Crippen LogP contribution is -2.48. The normalized spacial score (nSPS) is 13.8. The molecule has 1 amide bonds. The Bertz CT molecular complexity index is 1280. The van der Waals surface area contributed by atoms with Gasteiger partial charge in [0.1, 0.15) is 18.2 Å². The molecule has 4 rings (SSSR count). The summed E-state index contributed by atoms with van der Waals surface area (Å²) < 4.78 is 5.90. The lowest BCUT2D eigenvalue weighted by Gasteiger charge is -2.36. The first-order valence-electron chi connectivity index (χ1n) is 13.0. The predicted molar refractivity (Wildman–Crippen MR) is 160 cm³/mol. The number of hydrogen-bond acceptors (Lipinski definition) is 9. The van der Waals surface area contributed by atoms with E-state index in [1.165, 1.54) is 12.4 Å². The Morgan fingerprint density at radius 2 is 1.88 bits per heavy atom. The summed E-state index contributed by atoms with van der Waals surface area (Å²) in [5, 5.41) is 12.3. The summed E-state index contributed by atoms with van der Waals surface area (Å²) in [4.78, 5) is 25.9. The summed E-state index contributed by atoms with van der Waals surface area (Å²) >= 11 is 12.4. The SMILES string of the molecule is CN(CCNC=O)CCN1CCN(c2ccc(C(=N)c3cc(OCc4c(Cl)cncc4Cl)ccc3N)cn2)CC1. The monoisotopic (exact) mass is 584 g/mol. The van der Waals surface area contributed by atoms with Crippen LogP contribution in [-0.4, -0.2) is 91.3 Å². The number of likely N-dealkylation sites (N-methyl/N-ethyl adjacent to an activating group) is 1. The van der Waals surface area contributed by atoms with Crippen LogP contribution in [0.1, 0.15) is 16.7 Å². The summed E-state index contributed by atoms with van der Waals surface area (Å²) in [7, 11) is 2.07. The number of nitrogens with two attached hydrogens (primary N) is 1. The molecule has 0 unspecified atom stereocenters. The fourth-order valence-corrected chi connectivity index (χ4v) is 4.86. The molecular formula is C28H34Cl2N8O2. The van der Waals surface area contributed by atoms with Crippen LogP contribution in [0.4, 0.5) is 11.5 Å². The van der Waals surface area contributed by atoms with Crippen LogP contribution >= 0.6 is 23.2 Å². The minimum atomic E-state index is 0.163. The third-order valence-corrected chi connectivity index (χ3v) is 7.53. The summed E-state index contributed by atoms with van der Waals surface area (Å²) in [6.07, 6.45) is 5.49. The fraction of sp³-hybridized carbons (Fsp3) is 0.357. The highest BCUT2D eigenvalue weighted by molar-refractivity contribution is 6.35. The number of piperazine rings is 1. The molecule has 1 aromatic carbocycles. The average Bonchev–Trinajstić information content (AvgIpc) is 2.97. The van der Waals surface area contributed by atoms with E-state index in [1.54, 1.807) is 24.4 Å². The van der Waals surface area contributed by atoms with Gasteiger partial charge >= 0.3 is 0 Å². The summed E-state index contributed by atoms with van der Waals surface area (Å²) in [5.74, 6) is 1.44. The van der Waals surface area contributed by atoms with Crippen molar-refractivity contribution in [3.63, 3.8) is 0 Å². The maximum atomic E-state index is 10.4. The number of hydrogen-bond donors (Lipinski definition) is 3. The van der Waals surface area contributed by atoms with Gasteiger partial charge in [0.25, 0.3) is 0 Å². The van der Waals surface area contributed by atoms with Crippen molar-refractivity contribution in [3.8, 4) is 5.75 Å². The maximum Gasteiger partial charge on any atom is 0.207 e. The van der Waals surface area contributed by atoms with Crippen molar-refractivity contribution in [2.45, 2.75) is 6.61 Å². The molecule has 1 aliphatic rings. The van der Waals surface area contributed by atoms with Crippen LogP contribution in [0.5, 0.6) is 5.75 Å². The second-order valence-electron chi connectivity index (χ2n) is 9.60. The smallest absolute Gasteiger partial charge is 0.207 e. The van der Waals surface area contributed by atoms with Crippen LogP contribution in [0.2, 0.25) is 10.0 Å². The van der Waals surface area contributed by atoms with Crippen LogP contribution in [0.15, 0.2) is 48.9 Å². The van der Waals surface area contributed by atoms with Crippen molar-refractivity contribution in [3.05, 3.63) is 75.7 Å². The number of halogens is 2. The Balaban J connectivity index is 1.31. The van der Waals surface area contributed by atoms with Gasteiger partial charge in [-0.1, -0.05) is 23.2 Å². The van der Waals surface area contributed by atoms with Crippen LogP contribution in [0.3, 0.4) is 0 Å². The first-order chi connectivity index (χ1) is 19.4. The highest BCUT2D eigenvalue weighted by atomic mass is 35.5. The third-order valence-electron chi connectivity index (χ3n) is 6.88. The zero-order chi connectivity index (χ0) is 28.5. The van der Waals surface area contributed by atoms with Gasteiger partial charge in [0.2, 0.25) is 6.41 Å². The summed E-state index contributed by atoms with van der Waals surface area (Å²) in [6.45, 7) is 7.29. The van der Waals surface area contributed by atoms with Gasteiger partial charge in [0, 0.05) is 93.3 Å². The molecule has 212 valence electrons. The quantitative estimate of drug-likeness (QED) is 0.121. The van der Waals surface area contributed by atoms with Crippen LogP contribution in [0, 0.1) is 5.41 Å². The Morgan fingerprint density at radius 3 is 2.55 bits per heavy atom. The number of rotatable bonds is 13. The van der Waals surface area contributed by atoms with Crippen molar-refractivity contribution in [1.29, 1.82) is 5.41 Å². The largest absolute Gasteiger partial charge is 0.489 e. The van der Waals surface area contributed by atoms with Crippen LogP contribution < -0.4 is 20.7 Å². The highest BCUT2D eigenvalue weighted by Crippen LogP contribution is 2.27. The number of ether oxygens (including phenoxy) is 1. The second kappa shape index (κ2) is 14.3. The van der Waals surface area contributed by atoms with E-state index in [0.717, 1.165) is 58.0 Å². The molecule has 4 N–H and O–H groups in total. The number of nitrogens with one attached hydrogen (secondary N) is 2. The lowest BCUT2D eigenvalue weighted by molar-refractivity contribution is -0.109. The van der Waals surface area contributed by atoms with Gasteiger partial charge in [-0.25, -0.2) is 4.98 Å². The van der Waals surface area contributed by atoms with Gasteiger partial charge in [0.15, 0.2) is 0 Å². The molecule has 1 fully saturated rings. The minimum absolute atomic E-state index is 0.163. The minimum Gasteiger partial charge on any atom is -0.489 e. The molecule has 3 heterocycles. The topological polar surface area (TPSA) is 124 Å². The molecule has 0 radical (unpaired) electrons. The zero-order valence-corrected chi connectivity index (χ0v) is 24.0. The van der Waals surface area contributed by atoms with Crippen molar-refractivity contribution in [1.82, 2.24) is 25.1 Å². The maximum absolute atomic E-state index is 10.4. The number of anilines is 2. The van der Waals surface area contributed by atoms with Gasteiger partial charge in [-0.3, -0.25) is 20.1 Å². The van der Waals surface area contributed by atoms with E-state index in [-0.39, 0.29) is 12.3 Å². The first kappa shape index (κ1) is 29.5. The van der Waals surface area contributed by atoms with Gasteiger partial charge in [0.05, 0.1) is 15.8 Å². The number of pyridine rings is 2. The molecule has 0 bridgehead atoms. The molecule has 0 saturated carbocycles. The van der Waals surface area contributed by atoms with Gasteiger partial charge < -0.3 is 25.6 Å². The Labute approximate surface area is 244 Å². The molecule has 0 spiro atoms. The average molecular weight is 586 g/mol. The van der Waals surface area contributed by atoms with E-state index >= 15 is 0 Å². The molecule has 10 nitrogen and oxygen atoms in total. The molecule has 1 aliphatic heterocycles. The number of benzene rings is 1. The number of carbonyl (C=O) groups excluding carboxylic acids is 1. The fourth-order valence-electron chi connectivity index (χ4n) is 4.39. The molecule has 0 atom stereocenters. The van der Waals surface area contributed by atoms with E-state index in [9.17, 15) is 4.79 Å². The van der Waals surface area contributed by atoms with Crippen molar-refractivity contribution < 1.29 is 9.53 Å². The standard InChI is InChI=1S/C28H34Cl2N8O2/c1-36(7-6-33-19-39)8-9-37-10-12-38(13-11-37)27-5-2-20(15-35-27)28(32)22-14-21(3-4-26(22)31)40-18-23-24(29)16-34-17-25(23)30/h2-5,14-17,19,32H,6-13,18,31H2,1H3,(H,33,39). The van der Waals surface area contributed by atoms with E-state index in [4.69, 9.17) is 39.1 Å². The van der Waals surface area contributed by atoms with E-state index in [0.29, 0.717) is 44.7 Å². The molecule has 40 heavy (non-hydrogen) atoms. The van der Waals surface area contributed by atoms with Gasteiger partial charge in [-0.2, -0.15) is 0 Å². The number of amides is 1. The lowest BCUT2D eigenvalue weighted by atomic mass is 10.0. The Kier molecular flexibility index (Phi) is 10.5. The second-order valence-corrected chi connectivity index (χ2v) is 10.4. The highest BCUT2D eigenvalue weighted by Gasteiger charge is 2.19. The molecule has 2 aromatic heterocycles. The molecule has 1 saturated heterocycles. The van der Waals surface area contributed by atoms with Gasteiger partial charge in [-0.15, -0.1) is 0 Å². The Morgan fingerprint density at radius 1 is 1.12 bits per heavy atom. The molecule has 0 aliphatic carbocycles. The van der Waals surface area contributed by atoms with Gasteiger partial charge in [-0.05, 0) is 37.4 Å². The van der Waals surface area contributed by atoms with Crippen LogP contribution in [0.25, 0.3) is 0 Å². The summed E-state index contributed by atoms with van der Waals surface area (Å²) in [6, 6.07) is 9.07. The number of nitrogens with zero attached hydrogens (tertiary/aromatic N) is 5. The third kappa shape index (κ3) is 7.82. The number of nitrogen functional groups attached to an aromatic ring is 1. The van der Waals surface area contributed by atoms with E-state index < -0.39 is 0 Å². The predicted octanol–water partition coefficient (Wildman–Crippen LogP) is 3.16. The van der Waals surface area contributed by atoms with Crippen molar-refractivity contribution >= 4 is 46.8 Å². The zero-order valence-electron chi connectivity index (χ0n) is 22.4. The first-order valence-corrected chi connectivity index (χ1v) is 13.8. The van der Waals surface area contributed by atoms with E-state index in [2.05, 4.69) is 37.0 Å².